The molecule has 0 saturated carbocycles. The van der Waals surface area contributed by atoms with Gasteiger partial charge in [-0.2, -0.15) is 0 Å². The molecule has 52 heavy (non-hydrogen) atoms. The number of benzene rings is 5. The maximum absolute atomic E-state index is 12.8. The van der Waals surface area contributed by atoms with E-state index in [4.69, 9.17) is 37.4 Å². The number of hydrogen-bond donors (Lipinski definition) is 3. The van der Waals surface area contributed by atoms with Gasteiger partial charge in [-0.15, -0.1) is 0 Å². The Kier molecular flexibility index (Phi) is 11.2. The van der Waals surface area contributed by atoms with Crippen molar-refractivity contribution in [3.63, 3.8) is 0 Å². The number of ether oxygens (including phenoxy) is 3. The van der Waals surface area contributed by atoms with Crippen molar-refractivity contribution in [2.75, 3.05) is 5.32 Å². The van der Waals surface area contributed by atoms with Gasteiger partial charge in [-0.05, 0) is 64.2 Å². The second kappa shape index (κ2) is 16.5. The molecule has 1 saturated heterocycles. The number of nitrogens with one attached hydrogen (secondary N) is 2. The number of hydrogen-bond acceptors (Lipinski definition) is 6. The number of imidazole rings is 1. The molecule has 1 fully saturated rings. The van der Waals surface area contributed by atoms with Crippen LogP contribution in [0.5, 0.6) is 11.5 Å². The lowest BCUT2D eigenvalue weighted by Crippen LogP contribution is -2.32. The molecule has 11 heteroatoms. The average molecular weight is 736 g/mol. The quantitative estimate of drug-likeness (QED) is 0.122. The van der Waals surface area contributed by atoms with E-state index in [9.17, 15) is 9.90 Å². The van der Waals surface area contributed by atoms with E-state index >= 15 is 0 Å². The first-order valence-electron chi connectivity index (χ1n) is 16.8. The lowest BCUT2D eigenvalue weighted by atomic mass is 9.97. The molecule has 0 unspecified atom stereocenters. The van der Waals surface area contributed by atoms with Crippen molar-refractivity contribution in [2.45, 2.75) is 44.6 Å². The fourth-order valence-electron chi connectivity index (χ4n) is 6.08. The van der Waals surface area contributed by atoms with Crippen LogP contribution in [0.2, 0.25) is 10.3 Å². The van der Waals surface area contributed by atoms with Crippen molar-refractivity contribution in [2.24, 2.45) is 0 Å². The first kappa shape index (κ1) is 35.3. The number of anilines is 1. The zero-order valence-electron chi connectivity index (χ0n) is 28.0. The number of aliphatic hydroxyl groups excluding tert-OH is 1. The molecule has 2 heterocycles. The summed E-state index contributed by atoms with van der Waals surface area (Å²) >= 11 is 12.5. The summed E-state index contributed by atoms with van der Waals surface area (Å²) in [6.07, 6.45) is 1.04. The number of carbonyl (C=O) groups excluding carboxylic acids is 1. The van der Waals surface area contributed by atoms with Gasteiger partial charge in [0.2, 0.25) is 0 Å². The summed E-state index contributed by atoms with van der Waals surface area (Å²) in [5, 5.41) is 16.0. The highest BCUT2D eigenvalue weighted by molar-refractivity contribution is 6.40. The van der Waals surface area contributed by atoms with Crippen LogP contribution in [0.3, 0.4) is 0 Å². The van der Waals surface area contributed by atoms with E-state index in [0.29, 0.717) is 36.1 Å². The van der Waals surface area contributed by atoms with Gasteiger partial charge in [0.25, 0.3) is 0 Å². The summed E-state index contributed by atoms with van der Waals surface area (Å²) in [7, 11) is 0. The molecule has 1 aliphatic rings. The molecule has 264 valence electrons. The zero-order chi connectivity index (χ0) is 35.9. The predicted octanol–water partition coefficient (Wildman–Crippen LogP) is 9.71. The van der Waals surface area contributed by atoms with Crippen LogP contribution in [0.1, 0.15) is 41.1 Å². The number of rotatable bonds is 11. The fourth-order valence-corrected chi connectivity index (χ4v) is 6.39. The molecule has 0 spiro atoms. The van der Waals surface area contributed by atoms with Crippen molar-refractivity contribution in [1.29, 1.82) is 0 Å². The van der Waals surface area contributed by atoms with Gasteiger partial charge in [0.15, 0.2) is 11.4 Å². The van der Waals surface area contributed by atoms with E-state index in [1.165, 1.54) is 0 Å². The molecule has 1 aliphatic heterocycles. The minimum atomic E-state index is -0.646. The van der Waals surface area contributed by atoms with Gasteiger partial charge >= 0.3 is 6.03 Å². The number of amides is 2. The van der Waals surface area contributed by atoms with E-state index in [1.807, 2.05) is 115 Å². The molecule has 3 N–H and O–H groups in total. The average Bonchev–Trinajstić information content (AvgIpc) is 3.50. The van der Waals surface area contributed by atoms with E-state index in [-0.39, 0.29) is 30.0 Å². The minimum absolute atomic E-state index is 0.0285. The van der Waals surface area contributed by atoms with Gasteiger partial charge in [-0.3, -0.25) is 0 Å². The highest BCUT2D eigenvalue weighted by atomic mass is 35.5. The third kappa shape index (κ3) is 8.65. The van der Waals surface area contributed by atoms with Crippen LogP contribution >= 0.6 is 23.2 Å². The maximum Gasteiger partial charge on any atom is 0.319 e. The van der Waals surface area contributed by atoms with E-state index in [0.717, 1.165) is 39.1 Å². The molecular formula is C41H36Cl2N4O5. The summed E-state index contributed by atoms with van der Waals surface area (Å²) in [6, 6.07) is 40.2. The molecule has 3 atom stereocenters. The molecule has 0 aliphatic carbocycles. The Labute approximate surface area is 311 Å². The molecular weight excluding hydrogens is 699 g/mol. The van der Waals surface area contributed by atoms with Crippen LogP contribution in [0, 0.1) is 0 Å². The van der Waals surface area contributed by atoms with Crippen LogP contribution in [-0.4, -0.2) is 26.8 Å². The summed E-state index contributed by atoms with van der Waals surface area (Å²) in [5.74, 6) is 1.42. The Bertz CT molecular complexity index is 2090. The summed E-state index contributed by atoms with van der Waals surface area (Å²) < 4.78 is 20.6. The van der Waals surface area contributed by atoms with Crippen LogP contribution in [0.4, 0.5) is 10.5 Å². The summed E-state index contributed by atoms with van der Waals surface area (Å²) in [6.45, 7) is 0.746. The molecule has 6 aromatic rings. The number of nitrogens with zero attached hydrogens (tertiary/aromatic N) is 2. The second-order valence-corrected chi connectivity index (χ2v) is 13.1. The van der Waals surface area contributed by atoms with Crippen molar-refractivity contribution < 1.29 is 24.1 Å². The van der Waals surface area contributed by atoms with Crippen molar-refractivity contribution in [1.82, 2.24) is 14.9 Å². The molecule has 7 rings (SSSR count). The number of carbonyl (C=O) groups is 1. The monoisotopic (exact) mass is 734 g/mol. The normalized spacial score (nSPS) is 17.0. The largest absolute Gasteiger partial charge is 0.457 e. The van der Waals surface area contributed by atoms with Gasteiger partial charge < -0.3 is 34.5 Å². The smallest absolute Gasteiger partial charge is 0.319 e. The Morgan fingerprint density at radius 3 is 2.23 bits per heavy atom. The van der Waals surface area contributed by atoms with Gasteiger partial charge in [-0.1, -0.05) is 114 Å². The van der Waals surface area contributed by atoms with E-state index in [2.05, 4.69) is 15.6 Å². The highest BCUT2D eigenvalue weighted by Crippen LogP contribution is 2.39. The number of para-hydroxylation sites is 1. The molecule has 1 aromatic heterocycles. The number of halogens is 2. The van der Waals surface area contributed by atoms with Gasteiger partial charge in [0.05, 0.1) is 31.7 Å². The first-order valence-corrected chi connectivity index (χ1v) is 17.6. The molecule has 0 radical (unpaired) electrons. The Morgan fingerprint density at radius 2 is 1.52 bits per heavy atom. The Morgan fingerprint density at radius 1 is 0.827 bits per heavy atom. The van der Waals surface area contributed by atoms with Crippen molar-refractivity contribution in [3.8, 4) is 22.6 Å². The van der Waals surface area contributed by atoms with Crippen LogP contribution in [0.25, 0.3) is 11.1 Å². The number of aromatic nitrogens is 2. The molecule has 9 nitrogen and oxygen atoms in total. The van der Waals surface area contributed by atoms with Gasteiger partial charge in [0.1, 0.15) is 16.7 Å². The topological polar surface area (TPSA) is 107 Å². The Balaban J connectivity index is 1.01. The van der Waals surface area contributed by atoms with Crippen molar-refractivity contribution >= 4 is 34.9 Å². The second-order valence-electron chi connectivity index (χ2n) is 12.4. The van der Waals surface area contributed by atoms with Crippen LogP contribution < -0.4 is 15.4 Å². The molecule has 0 bridgehead atoms. The minimum Gasteiger partial charge on any atom is -0.457 e. The fraction of sp³-hybridized carbons (Fsp3) is 0.171. The number of urea groups is 1. The van der Waals surface area contributed by atoms with Gasteiger partial charge in [-0.25, -0.2) is 9.78 Å². The standard InChI is InChI=1S/C41H36Cl2N4O5/c42-38-39(43)47(26-45-38)24-35-22-37(29-12-10-27(25-48)11-13-29)52-40(51-35)30-16-14-28(15-17-30)36-9-5-4-6-31(36)23-44-41(49)46-32-18-20-34(21-19-32)50-33-7-2-1-3-8-33/h1-21,26,35,37,40,48H,22-25H2,(H2,44,46,49)/t35-,37+,40+/m0/s1. The zero-order valence-corrected chi connectivity index (χ0v) is 29.5. The lowest BCUT2D eigenvalue weighted by molar-refractivity contribution is -0.252. The summed E-state index contributed by atoms with van der Waals surface area (Å²) in [5.41, 5.74) is 6.27. The third-order valence-corrected chi connectivity index (χ3v) is 9.56. The van der Waals surface area contributed by atoms with E-state index < -0.39 is 6.29 Å². The van der Waals surface area contributed by atoms with Crippen LogP contribution in [0.15, 0.2) is 134 Å². The third-order valence-electron chi connectivity index (χ3n) is 8.79. The summed E-state index contributed by atoms with van der Waals surface area (Å²) in [4.78, 5) is 17.0. The Hall–Kier alpha value is -5.16. The first-order chi connectivity index (χ1) is 25.4. The van der Waals surface area contributed by atoms with Gasteiger partial charge in [0, 0.05) is 24.2 Å². The molecule has 5 aromatic carbocycles. The van der Waals surface area contributed by atoms with E-state index in [1.54, 1.807) is 23.0 Å². The van der Waals surface area contributed by atoms with Crippen molar-refractivity contribution in [3.05, 3.63) is 166 Å². The number of aliphatic hydroxyl groups is 1. The van der Waals surface area contributed by atoms with Crippen LogP contribution in [-0.2, 0) is 29.2 Å². The predicted molar refractivity (Wildman–Crippen MR) is 201 cm³/mol. The SMILES string of the molecule is O=C(NCc1ccccc1-c1ccc([C@@H]2O[C@H](Cn3cnc(Cl)c3Cl)C[C@H](c3ccc(CO)cc3)O2)cc1)Nc1ccc(Oc2ccccc2)cc1. The highest BCUT2D eigenvalue weighted by Gasteiger charge is 2.33. The molecule has 2 amide bonds. The maximum atomic E-state index is 12.8. The lowest BCUT2D eigenvalue weighted by Gasteiger charge is -2.36.